The van der Waals surface area contributed by atoms with Crippen LogP contribution in [0.2, 0.25) is 0 Å². The smallest absolute Gasteiger partial charge is 0.254 e. The zero-order chi connectivity index (χ0) is 21.7. The van der Waals surface area contributed by atoms with Gasteiger partial charge in [-0.15, -0.1) is 0 Å². The van der Waals surface area contributed by atoms with Gasteiger partial charge in [0, 0.05) is 50.2 Å². The summed E-state index contributed by atoms with van der Waals surface area (Å²) in [6.45, 7) is 6.02. The number of nitrogens with one attached hydrogen (secondary N) is 1. The number of fused-ring (bicyclic) bond motifs is 1. The minimum atomic E-state index is 0.100. The third kappa shape index (κ3) is 3.66. The third-order valence-corrected chi connectivity index (χ3v) is 8.08. The van der Waals surface area contributed by atoms with Gasteiger partial charge in [0.2, 0.25) is 5.95 Å². The summed E-state index contributed by atoms with van der Waals surface area (Å²) in [6, 6.07) is 0.423. The second kappa shape index (κ2) is 7.80. The molecule has 3 heterocycles. The zero-order valence-electron chi connectivity index (χ0n) is 18.9. The molecule has 1 aliphatic heterocycles. The van der Waals surface area contributed by atoms with Gasteiger partial charge in [-0.1, -0.05) is 13.0 Å². The number of aryl methyl sites for hydroxylation is 2. The summed E-state index contributed by atoms with van der Waals surface area (Å²) in [6.07, 6.45) is 14.9. The van der Waals surface area contributed by atoms with E-state index in [1.54, 1.807) is 0 Å². The van der Waals surface area contributed by atoms with Gasteiger partial charge in [0.25, 0.3) is 5.56 Å². The summed E-state index contributed by atoms with van der Waals surface area (Å²) < 4.78 is 0. The van der Waals surface area contributed by atoms with E-state index in [2.05, 4.69) is 37.8 Å². The largest absolute Gasteiger partial charge is 0.338 e. The molecule has 168 valence electrons. The van der Waals surface area contributed by atoms with E-state index in [4.69, 9.17) is 4.98 Å². The summed E-state index contributed by atoms with van der Waals surface area (Å²) in [5.74, 6) is 1.65. The number of piperazine rings is 1. The number of nitrogens with zero attached hydrogens (tertiary/aromatic N) is 5. The van der Waals surface area contributed by atoms with Gasteiger partial charge in [-0.3, -0.25) is 9.69 Å². The van der Waals surface area contributed by atoms with E-state index in [1.165, 1.54) is 30.4 Å². The van der Waals surface area contributed by atoms with Crippen molar-refractivity contribution in [3.63, 3.8) is 0 Å². The lowest BCUT2D eigenvalue weighted by atomic mass is 9.84. The molecule has 7 nitrogen and oxygen atoms in total. The molecule has 0 bridgehead atoms. The van der Waals surface area contributed by atoms with Crippen molar-refractivity contribution in [2.75, 3.05) is 31.1 Å². The van der Waals surface area contributed by atoms with Crippen molar-refractivity contribution < 1.29 is 0 Å². The lowest BCUT2D eigenvalue weighted by Crippen LogP contribution is -2.50. The first-order valence-corrected chi connectivity index (χ1v) is 12.3. The number of aromatic amines is 1. The Kier molecular flexibility index (Phi) is 4.90. The molecule has 2 aromatic rings. The Bertz CT molecular complexity index is 1090. The minimum absolute atomic E-state index is 0.100. The molecule has 6 rings (SSSR count). The SMILES string of the molecule is CCc1cnc(N2CCN([C@H]3C=C(c4nc5c(c(=O)[nH]4)CC4(CC5)CC4)CC3)CC2)nc1. The average Bonchev–Trinajstić information content (AvgIpc) is 3.39. The van der Waals surface area contributed by atoms with Crippen LogP contribution in [0.5, 0.6) is 0 Å². The molecule has 7 heteroatoms. The van der Waals surface area contributed by atoms with E-state index < -0.39 is 0 Å². The van der Waals surface area contributed by atoms with E-state index in [-0.39, 0.29) is 5.56 Å². The van der Waals surface area contributed by atoms with Crippen molar-refractivity contribution in [1.29, 1.82) is 0 Å². The quantitative estimate of drug-likeness (QED) is 0.801. The summed E-state index contributed by atoms with van der Waals surface area (Å²) in [7, 11) is 0. The fraction of sp³-hybridized carbons (Fsp3) is 0.600. The molecule has 1 N–H and O–H groups in total. The van der Waals surface area contributed by atoms with Gasteiger partial charge in [0.05, 0.1) is 5.69 Å². The van der Waals surface area contributed by atoms with Crippen LogP contribution in [0.15, 0.2) is 23.3 Å². The Morgan fingerprint density at radius 1 is 1.09 bits per heavy atom. The minimum Gasteiger partial charge on any atom is -0.338 e. The van der Waals surface area contributed by atoms with Gasteiger partial charge in [-0.25, -0.2) is 15.0 Å². The van der Waals surface area contributed by atoms with Gasteiger partial charge < -0.3 is 9.88 Å². The molecule has 2 aromatic heterocycles. The highest BCUT2D eigenvalue weighted by Crippen LogP contribution is 2.53. The zero-order valence-corrected chi connectivity index (χ0v) is 18.9. The molecule has 1 atom stereocenters. The van der Waals surface area contributed by atoms with Crippen molar-refractivity contribution in [2.24, 2.45) is 5.41 Å². The average molecular weight is 433 g/mol. The van der Waals surface area contributed by atoms with Gasteiger partial charge in [0.1, 0.15) is 5.82 Å². The van der Waals surface area contributed by atoms with Gasteiger partial charge in [-0.05, 0) is 67.9 Å². The van der Waals surface area contributed by atoms with Crippen LogP contribution in [0.4, 0.5) is 5.95 Å². The summed E-state index contributed by atoms with van der Waals surface area (Å²) in [4.78, 5) is 34.8. The molecule has 0 unspecified atom stereocenters. The first-order valence-electron chi connectivity index (χ1n) is 12.3. The van der Waals surface area contributed by atoms with Gasteiger partial charge >= 0.3 is 0 Å². The lowest BCUT2D eigenvalue weighted by molar-refractivity contribution is 0.213. The predicted molar refractivity (Wildman–Crippen MR) is 125 cm³/mol. The van der Waals surface area contributed by atoms with E-state index in [9.17, 15) is 4.79 Å². The normalized spacial score (nSPS) is 24.5. The van der Waals surface area contributed by atoms with Crippen LogP contribution < -0.4 is 10.5 Å². The van der Waals surface area contributed by atoms with Gasteiger partial charge in [0.15, 0.2) is 0 Å². The number of aromatic nitrogens is 4. The van der Waals surface area contributed by atoms with Crippen molar-refractivity contribution in [3.8, 4) is 0 Å². The molecule has 1 saturated carbocycles. The van der Waals surface area contributed by atoms with E-state index >= 15 is 0 Å². The summed E-state index contributed by atoms with van der Waals surface area (Å²) >= 11 is 0. The predicted octanol–water partition coefficient (Wildman–Crippen LogP) is 2.76. The Morgan fingerprint density at radius 3 is 2.59 bits per heavy atom. The summed E-state index contributed by atoms with van der Waals surface area (Å²) in [5.41, 5.74) is 4.93. The van der Waals surface area contributed by atoms with Crippen LogP contribution in [0, 0.1) is 5.41 Å². The summed E-state index contributed by atoms with van der Waals surface area (Å²) in [5, 5.41) is 0. The topological polar surface area (TPSA) is 78.0 Å². The molecule has 3 aliphatic carbocycles. The highest BCUT2D eigenvalue weighted by Gasteiger charge is 2.45. The maximum absolute atomic E-state index is 12.8. The fourth-order valence-electron chi connectivity index (χ4n) is 5.67. The van der Waals surface area contributed by atoms with Crippen LogP contribution in [0.25, 0.3) is 5.57 Å². The third-order valence-electron chi connectivity index (χ3n) is 8.08. The van der Waals surface area contributed by atoms with Crippen molar-refractivity contribution in [1.82, 2.24) is 24.8 Å². The Morgan fingerprint density at radius 2 is 1.88 bits per heavy atom. The molecule has 32 heavy (non-hydrogen) atoms. The van der Waals surface area contributed by atoms with Crippen LogP contribution in [-0.4, -0.2) is 57.1 Å². The molecular weight excluding hydrogens is 400 g/mol. The number of allylic oxidation sites excluding steroid dienone is 1. The van der Waals surface area contributed by atoms with Gasteiger partial charge in [-0.2, -0.15) is 0 Å². The first kappa shape index (κ1) is 20.1. The molecule has 1 saturated heterocycles. The van der Waals surface area contributed by atoms with Crippen molar-refractivity contribution in [2.45, 2.75) is 64.3 Å². The van der Waals surface area contributed by atoms with E-state index in [0.29, 0.717) is 11.5 Å². The highest BCUT2D eigenvalue weighted by atomic mass is 16.1. The van der Waals surface area contributed by atoms with E-state index in [1.807, 2.05) is 12.4 Å². The second-order valence-corrected chi connectivity index (χ2v) is 10.1. The Balaban J connectivity index is 1.12. The molecule has 2 fully saturated rings. The molecule has 0 aromatic carbocycles. The van der Waals surface area contributed by atoms with Crippen molar-refractivity contribution >= 4 is 11.5 Å². The monoisotopic (exact) mass is 432 g/mol. The molecule has 4 aliphatic rings. The van der Waals surface area contributed by atoms with E-state index in [0.717, 1.165) is 81.3 Å². The van der Waals surface area contributed by atoms with Crippen LogP contribution >= 0.6 is 0 Å². The molecule has 1 spiro atoms. The second-order valence-electron chi connectivity index (χ2n) is 10.1. The highest BCUT2D eigenvalue weighted by molar-refractivity contribution is 5.63. The molecular formula is C25H32N6O. The maximum atomic E-state index is 12.8. The number of hydrogen-bond acceptors (Lipinski definition) is 6. The number of H-pyrrole nitrogens is 1. The van der Waals surface area contributed by atoms with Crippen molar-refractivity contribution in [3.05, 3.63) is 51.5 Å². The first-order chi connectivity index (χ1) is 15.6. The van der Waals surface area contributed by atoms with Crippen LogP contribution in [0.1, 0.15) is 61.7 Å². The Labute approximate surface area is 189 Å². The number of rotatable bonds is 4. The number of anilines is 1. The number of hydrogen-bond donors (Lipinski definition) is 1. The van der Waals surface area contributed by atoms with Crippen LogP contribution in [0.3, 0.4) is 0 Å². The molecule has 0 radical (unpaired) electrons. The fourth-order valence-corrected chi connectivity index (χ4v) is 5.67. The van der Waals surface area contributed by atoms with Crippen LogP contribution in [-0.2, 0) is 19.3 Å². The molecule has 0 amide bonds. The maximum Gasteiger partial charge on any atom is 0.254 e. The standard InChI is InChI=1S/C25H32N6O/c1-2-17-15-26-24(27-16-17)31-11-9-30(10-12-31)19-4-3-18(13-19)22-28-21-5-6-25(7-8-25)14-20(21)23(32)29-22/h13,15-16,19H,2-12,14H2,1H3,(H,28,29,32)/t19-/m1/s1. The Hall–Kier alpha value is -2.54. The lowest BCUT2D eigenvalue weighted by Gasteiger charge is -2.37.